The summed E-state index contributed by atoms with van der Waals surface area (Å²) in [5, 5.41) is 0. The van der Waals surface area contributed by atoms with Gasteiger partial charge in [0.05, 0.1) is 13.2 Å². The Hall–Kier alpha value is -0.900. The highest BCUT2D eigenvalue weighted by atomic mass is 16.5. The molecule has 104 valence electrons. The van der Waals surface area contributed by atoms with Crippen LogP contribution in [0.2, 0.25) is 0 Å². The molecule has 1 aliphatic carbocycles. The number of hydrogen-bond donors (Lipinski definition) is 1. The summed E-state index contributed by atoms with van der Waals surface area (Å²) in [7, 11) is 0. The van der Waals surface area contributed by atoms with Gasteiger partial charge in [0.1, 0.15) is 0 Å². The standard InChI is InChI=1S/C16H24N2O/c17-16-6-5-13(14-3-1-2-4-15(14)16)7-8-18-9-11-19-12-10-18/h1-4,13,16H,5-12,17H2/t13-,16?/m1/s1. The van der Waals surface area contributed by atoms with E-state index in [-0.39, 0.29) is 6.04 Å². The quantitative estimate of drug-likeness (QED) is 0.906. The highest BCUT2D eigenvalue weighted by Gasteiger charge is 2.25. The fourth-order valence-electron chi connectivity index (χ4n) is 3.38. The summed E-state index contributed by atoms with van der Waals surface area (Å²) >= 11 is 0. The van der Waals surface area contributed by atoms with Crippen molar-refractivity contribution in [1.82, 2.24) is 4.90 Å². The molecule has 2 aliphatic rings. The summed E-state index contributed by atoms with van der Waals surface area (Å²) < 4.78 is 5.40. The lowest BCUT2D eigenvalue weighted by molar-refractivity contribution is 0.0363. The molecule has 3 nitrogen and oxygen atoms in total. The van der Waals surface area contributed by atoms with Crippen LogP contribution in [0.1, 0.15) is 42.3 Å². The van der Waals surface area contributed by atoms with Crippen molar-refractivity contribution in [3.8, 4) is 0 Å². The SMILES string of the molecule is NC1CC[C@H](CCN2CCOCC2)c2ccccc21. The van der Waals surface area contributed by atoms with E-state index in [2.05, 4.69) is 29.2 Å². The van der Waals surface area contributed by atoms with E-state index in [1.165, 1.54) is 30.5 Å². The topological polar surface area (TPSA) is 38.5 Å². The van der Waals surface area contributed by atoms with Crippen molar-refractivity contribution in [3.63, 3.8) is 0 Å². The summed E-state index contributed by atoms with van der Waals surface area (Å²) in [6, 6.07) is 9.00. The Labute approximate surface area is 115 Å². The number of hydrogen-bond acceptors (Lipinski definition) is 3. The molecule has 1 saturated heterocycles. The number of nitrogens with two attached hydrogens (primary N) is 1. The van der Waals surface area contributed by atoms with Crippen molar-refractivity contribution < 1.29 is 4.74 Å². The van der Waals surface area contributed by atoms with Gasteiger partial charge in [-0.15, -0.1) is 0 Å². The second kappa shape index (κ2) is 6.04. The van der Waals surface area contributed by atoms with Gasteiger partial charge in [-0.05, 0) is 42.9 Å². The van der Waals surface area contributed by atoms with E-state index in [9.17, 15) is 0 Å². The molecular formula is C16H24N2O. The van der Waals surface area contributed by atoms with E-state index < -0.39 is 0 Å². The van der Waals surface area contributed by atoms with E-state index in [4.69, 9.17) is 10.5 Å². The maximum Gasteiger partial charge on any atom is 0.0594 e. The van der Waals surface area contributed by atoms with Gasteiger partial charge in [0.2, 0.25) is 0 Å². The fraction of sp³-hybridized carbons (Fsp3) is 0.625. The summed E-state index contributed by atoms with van der Waals surface area (Å²) in [4.78, 5) is 2.53. The molecular weight excluding hydrogens is 236 g/mol. The summed E-state index contributed by atoms with van der Waals surface area (Å²) in [6.07, 6.45) is 3.62. The summed E-state index contributed by atoms with van der Waals surface area (Å²) in [5.41, 5.74) is 9.09. The first kappa shape index (κ1) is 13.1. The van der Waals surface area contributed by atoms with Crippen molar-refractivity contribution in [1.29, 1.82) is 0 Å². The first-order valence-corrected chi connectivity index (χ1v) is 7.49. The minimum atomic E-state index is 0.246. The van der Waals surface area contributed by atoms with Crippen molar-refractivity contribution >= 4 is 0 Å². The van der Waals surface area contributed by atoms with Gasteiger partial charge in [0.15, 0.2) is 0 Å². The molecule has 2 N–H and O–H groups in total. The van der Waals surface area contributed by atoms with Crippen LogP contribution < -0.4 is 5.73 Å². The third-order valence-electron chi connectivity index (χ3n) is 4.56. The van der Waals surface area contributed by atoms with E-state index in [0.29, 0.717) is 5.92 Å². The zero-order valence-corrected chi connectivity index (χ0v) is 11.6. The van der Waals surface area contributed by atoms with Gasteiger partial charge in [0.25, 0.3) is 0 Å². The third-order valence-corrected chi connectivity index (χ3v) is 4.56. The van der Waals surface area contributed by atoms with Gasteiger partial charge in [-0.2, -0.15) is 0 Å². The minimum absolute atomic E-state index is 0.246. The first-order chi connectivity index (χ1) is 9.34. The number of morpholine rings is 1. The minimum Gasteiger partial charge on any atom is -0.379 e. The van der Waals surface area contributed by atoms with Gasteiger partial charge in [0, 0.05) is 19.1 Å². The molecule has 19 heavy (non-hydrogen) atoms. The monoisotopic (exact) mass is 260 g/mol. The molecule has 2 atom stereocenters. The van der Waals surface area contributed by atoms with E-state index in [1.807, 2.05) is 0 Å². The van der Waals surface area contributed by atoms with Crippen LogP contribution in [0.3, 0.4) is 0 Å². The molecule has 0 radical (unpaired) electrons. The molecule has 1 heterocycles. The van der Waals surface area contributed by atoms with Gasteiger partial charge in [-0.25, -0.2) is 0 Å². The van der Waals surface area contributed by atoms with Gasteiger partial charge >= 0.3 is 0 Å². The number of benzene rings is 1. The maximum atomic E-state index is 6.22. The summed E-state index contributed by atoms with van der Waals surface area (Å²) in [6.45, 7) is 5.16. The Morgan fingerprint density at radius 3 is 2.63 bits per heavy atom. The fourth-order valence-corrected chi connectivity index (χ4v) is 3.38. The van der Waals surface area contributed by atoms with Crippen LogP contribution in [0.4, 0.5) is 0 Å². The van der Waals surface area contributed by atoms with E-state index in [1.54, 1.807) is 0 Å². The van der Waals surface area contributed by atoms with Gasteiger partial charge in [-0.1, -0.05) is 24.3 Å². The molecule has 0 saturated carbocycles. The van der Waals surface area contributed by atoms with Crippen LogP contribution in [0.25, 0.3) is 0 Å². The molecule has 1 fully saturated rings. The molecule has 0 spiro atoms. The lowest BCUT2D eigenvalue weighted by Crippen LogP contribution is -2.37. The van der Waals surface area contributed by atoms with Crippen molar-refractivity contribution in [2.75, 3.05) is 32.8 Å². The number of ether oxygens (including phenoxy) is 1. The van der Waals surface area contributed by atoms with Crippen molar-refractivity contribution in [3.05, 3.63) is 35.4 Å². The normalized spacial score (nSPS) is 28.1. The van der Waals surface area contributed by atoms with Crippen LogP contribution in [0.5, 0.6) is 0 Å². The molecule has 0 amide bonds. The Balaban J connectivity index is 1.64. The lowest BCUT2D eigenvalue weighted by Gasteiger charge is -2.32. The van der Waals surface area contributed by atoms with Crippen LogP contribution in [0, 0.1) is 0 Å². The van der Waals surface area contributed by atoms with E-state index >= 15 is 0 Å². The lowest BCUT2D eigenvalue weighted by atomic mass is 9.79. The Morgan fingerprint density at radius 2 is 1.84 bits per heavy atom. The maximum absolute atomic E-state index is 6.22. The second-order valence-electron chi connectivity index (χ2n) is 5.75. The van der Waals surface area contributed by atoms with Crippen LogP contribution in [0.15, 0.2) is 24.3 Å². The average molecular weight is 260 g/mol. The van der Waals surface area contributed by atoms with Crippen molar-refractivity contribution in [2.45, 2.75) is 31.2 Å². The van der Waals surface area contributed by atoms with Crippen LogP contribution in [-0.2, 0) is 4.74 Å². The molecule has 0 aromatic heterocycles. The van der Waals surface area contributed by atoms with Gasteiger partial charge < -0.3 is 10.5 Å². The highest BCUT2D eigenvalue weighted by Crippen LogP contribution is 2.38. The van der Waals surface area contributed by atoms with Gasteiger partial charge in [-0.3, -0.25) is 4.90 Å². The number of rotatable bonds is 3. The second-order valence-corrected chi connectivity index (χ2v) is 5.75. The molecule has 1 aliphatic heterocycles. The third kappa shape index (κ3) is 2.99. The Kier molecular flexibility index (Phi) is 4.16. The zero-order chi connectivity index (χ0) is 13.1. The molecule has 1 unspecified atom stereocenters. The Bertz CT molecular complexity index is 415. The molecule has 1 aromatic carbocycles. The Morgan fingerprint density at radius 1 is 1.11 bits per heavy atom. The summed E-state index contributed by atoms with van der Waals surface area (Å²) in [5.74, 6) is 0.693. The first-order valence-electron chi connectivity index (χ1n) is 7.49. The predicted molar refractivity (Wildman–Crippen MR) is 77.2 cm³/mol. The number of nitrogens with zero attached hydrogens (tertiary/aromatic N) is 1. The van der Waals surface area contributed by atoms with E-state index in [0.717, 1.165) is 32.7 Å². The molecule has 3 heteroatoms. The van der Waals surface area contributed by atoms with Crippen LogP contribution >= 0.6 is 0 Å². The van der Waals surface area contributed by atoms with Crippen molar-refractivity contribution in [2.24, 2.45) is 5.73 Å². The highest BCUT2D eigenvalue weighted by molar-refractivity contribution is 5.35. The smallest absolute Gasteiger partial charge is 0.0594 e. The molecule has 3 rings (SSSR count). The number of fused-ring (bicyclic) bond motifs is 1. The largest absolute Gasteiger partial charge is 0.379 e. The average Bonchev–Trinajstić information content (AvgIpc) is 2.48. The molecule has 0 bridgehead atoms. The predicted octanol–water partition coefficient (Wildman–Crippen LogP) is 2.29. The van der Waals surface area contributed by atoms with Crippen LogP contribution in [-0.4, -0.2) is 37.7 Å². The molecule has 1 aromatic rings. The zero-order valence-electron chi connectivity index (χ0n) is 11.6.